The molecule has 2 heterocycles. The summed E-state index contributed by atoms with van der Waals surface area (Å²) in [6.45, 7) is 4.33. The summed E-state index contributed by atoms with van der Waals surface area (Å²) in [7, 11) is 3.66. The lowest BCUT2D eigenvalue weighted by molar-refractivity contribution is -0.374. The first kappa shape index (κ1) is 39.6. The molecule has 1 N–H and O–H groups in total. The fraction of sp³-hybridized carbons (Fsp3) is 0.730. The maximum Gasteiger partial charge on any atom is 0.426 e. The molecule has 4 aliphatic rings. The van der Waals surface area contributed by atoms with Crippen molar-refractivity contribution in [1.29, 1.82) is 0 Å². The van der Waals surface area contributed by atoms with Crippen molar-refractivity contribution in [1.82, 2.24) is 14.9 Å². The van der Waals surface area contributed by atoms with Gasteiger partial charge in [-0.15, -0.1) is 0 Å². The van der Waals surface area contributed by atoms with Gasteiger partial charge in [-0.25, -0.2) is 4.98 Å². The van der Waals surface area contributed by atoms with Crippen LogP contribution in [0.2, 0.25) is 0 Å². The molecular weight excluding hydrogens is 729 g/mol. The van der Waals surface area contributed by atoms with Gasteiger partial charge in [0.25, 0.3) is 5.60 Å². The van der Waals surface area contributed by atoms with Crippen molar-refractivity contribution in [3.8, 4) is 5.75 Å². The van der Waals surface area contributed by atoms with Crippen LogP contribution in [-0.4, -0.2) is 82.2 Å². The number of carbonyl (C=O) groups is 1. The minimum atomic E-state index is -5.57. The van der Waals surface area contributed by atoms with Gasteiger partial charge in [0, 0.05) is 36.0 Å². The highest BCUT2D eigenvalue weighted by Crippen LogP contribution is 2.61. The van der Waals surface area contributed by atoms with Crippen molar-refractivity contribution in [2.75, 3.05) is 31.3 Å². The molecule has 6 rings (SSSR count). The van der Waals surface area contributed by atoms with Crippen molar-refractivity contribution < 1.29 is 45.3 Å². The van der Waals surface area contributed by atoms with E-state index in [0.717, 1.165) is 73.7 Å². The van der Waals surface area contributed by atoms with Gasteiger partial charge in [-0.3, -0.25) is 4.79 Å². The summed E-state index contributed by atoms with van der Waals surface area (Å²) < 4.78 is 95.6. The third-order valence-electron chi connectivity index (χ3n) is 12.0. The maximum atomic E-state index is 13.5. The minimum Gasteiger partial charge on any atom is -0.493 e. The van der Waals surface area contributed by atoms with E-state index in [-0.39, 0.29) is 49.8 Å². The monoisotopic (exact) mass is 777 g/mol. The number of nitrogens with one attached hydrogen (secondary N) is 1. The van der Waals surface area contributed by atoms with Crippen LogP contribution in [-0.2, 0) is 27.2 Å². The summed E-state index contributed by atoms with van der Waals surface area (Å²) in [6.07, 6.45) is -2.57. The average molecular weight is 778 g/mol. The highest BCUT2D eigenvalue weighted by atomic mass is 33.1. The van der Waals surface area contributed by atoms with E-state index in [4.69, 9.17) is 9.47 Å². The molecule has 3 fully saturated rings. The third-order valence-corrected chi connectivity index (χ3v) is 14.5. The third kappa shape index (κ3) is 8.27. The Labute approximate surface area is 309 Å². The van der Waals surface area contributed by atoms with Gasteiger partial charge in [0.2, 0.25) is 5.91 Å². The van der Waals surface area contributed by atoms with Gasteiger partial charge in [0.05, 0.1) is 32.3 Å². The summed E-state index contributed by atoms with van der Waals surface area (Å²) in [5, 5.41) is 0. The molecule has 6 atom stereocenters. The number of imidazole rings is 1. The van der Waals surface area contributed by atoms with Gasteiger partial charge in [0.1, 0.15) is 11.6 Å². The van der Waals surface area contributed by atoms with Crippen LogP contribution < -0.4 is 4.74 Å². The Hall–Kier alpha value is -2.10. The molecule has 1 aromatic heterocycles. The molecule has 3 aliphatic carbocycles. The molecular formula is C37H49F6N3O4S2. The number of alkyl halides is 6. The number of aromatic amines is 1. The number of amides is 1. The number of ether oxygens (including phenoxy) is 3. The predicted octanol–water partition coefficient (Wildman–Crippen LogP) is 9.20. The van der Waals surface area contributed by atoms with Crippen molar-refractivity contribution in [2.45, 2.75) is 121 Å². The predicted molar refractivity (Wildman–Crippen MR) is 189 cm³/mol. The first-order valence-corrected chi connectivity index (χ1v) is 20.8. The Balaban J connectivity index is 0.998. The second-order valence-electron chi connectivity index (χ2n) is 15.2. The number of nitrogens with zero attached hydrogens (tertiary/aromatic N) is 2. The fourth-order valence-electron chi connectivity index (χ4n) is 8.99. The normalized spacial score (nSPS) is 27.8. The number of halogens is 6. The summed E-state index contributed by atoms with van der Waals surface area (Å²) in [5.74, 6) is 4.86. The summed E-state index contributed by atoms with van der Waals surface area (Å²) >= 11 is 0. The van der Waals surface area contributed by atoms with Crippen molar-refractivity contribution in [3.63, 3.8) is 0 Å². The Morgan fingerprint density at radius 3 is 2.52 bits per heavy atom. The van der Waals surface area contributed by atoms with Gasteiger partial charge in [0.15, 0.2) is 0 Å². The molecule has 290 valence electrons. The molecule has 0 spiro atoms. The number of rotatable bonds is 13. The number of carbonyl (C=O) groups excluding carboxylic acids is 1. The fourth-order valence-corrected chi connectivity index (χ4v) is 11.5. The van der Waals surface area contributed by atoms with Crippen LogP contribution in [0.3, 0.4) is 0 Å². The topological polar surface area (TPSA) is 76.7 Å². The quantitative estimate of drug-likeness (QED) is 0.124. The van der Waals surface area contributed by atoms with Crippen molar-refractivity contribution in [3.05, 3.63) is 47.0 Å². The number of hydrogen-bond acceptors (Lipinski definition) is 7. The molecule has 2 saturated carbocycles. The molecule has 7 nitrogen and oxygen atoms in total. The number of H-pyrrole nitrogens is 1. The van der Waals surface area contributed by atoms with E-state index in [9.17, 15) is 31.1 Å². The standard InChI is InChI=1S/C37H49F6N3O4S2/c1-23-20-44-32(45-23)21-46(25-13-18-51-52-22-25)33(47)12-17-48-26-6-8-27-24(19-26)5-7-29-28(27)11-14-34(2)30(29)9-10-31(34)49-15-4-16-50-35(3,36(38,39)40)37(41,42)43/h6,8,19-20,25,28-31H,4-5,7,9-18,21-22H2,1-3H3,(H,44,45). The zero-order chi connectivity index (χ0) is 37.3. The van der Waals surface area contributed by atoms with E-state index in [1.165, 1.54) is 11.1 Å². The number of fused-ring (bicyclic) bond motifs is 5. The van der Waals surface area contributed by atoms with E-state index in [1.54, 1.807) is 6.20 Å². The van der Waals surface area contributed by atoms with Crippen LogP contribution in [0, 0.1) is 24.2 Å². The molecule has 1 amide bonds. The molecule has 15 heteroatoms. The lowest BCUT2D eigenvalue weighted by Crippen LogP contribution is -2.56. The lowest BCUT2D eigenvalue weighted by atomic mass is 9.55. The second kappa shape index (κ2) is 15.9. The molecule has 1 aromatic carbocycles. The maximum absolute atomic E-state index is 13.5. The van der Waals surface area contributed by atoms with Crippen LogP contribution in [0.5, 0.6) is 5.75 Å². The summed E-state index contributed by atoms with van der Waals surface area (Å²) in [4.78, 5) is 23.1. The first-order valence-electron chi connectivity index (χ1n) is 18.3. The van der Waals surface area contributed by atoms with Gasteiger partial charge in [-0.05, 0) is 112 Å². The zero-order valence-electron chi connectivity index (χ0n) is 29.9. The highest BCUT2D eigenvalue weighted by molar-refractivity contribution is 8.76. The minimum absolute atomic E-state index is 0.0317. The Morgan fingerprint density at radius 1 is 1.04 bits per heavy atom. The van der Waals surface area contributed by atoms with E-state index < -0.39 is 24.6 Å². The Morgan fingerprint density at radius 2 is 1.83 bits per heavy atom. The van der Waals surface area contributed by atoms with E-state index in [2.05, 4.69) is 33.8 Å². The number of aryl methyl sites for hydroxylation is 2. The van der Waals surface area contributed by atoms with Gasteiger partial charge < -0.3 is 24.1 Å². The zero-order valence-corrected chi connectivity index (χ0v) is 31.5. The molecule has 1 aliphatic heterocycles. The van der Waals surface area contributed by atoms with E-state index in [1.807, 2.05) is 39.5 Å². The van der Waals surface area contributed by atoms with Gasteiger partial charge in [-0.1, -0.05) is 34.6 Å². The van der Waals surface area contributed by atoms with Crippen LogP contribution in [0.4, 0.5) is 26.3 Å². The van der Waals surface area contributed by atoms with Crippen molar-refractivity contribution >= 4 is 27.5 Å². The summed E-state index contributed by atoms with van der Waals surface area (Å²) in [6, 6.07) is 6.51. The first-order chi connectivity index (χ1) is 24.6. The molecule has 2 aromatic rings. The van der Waals surface area contributed by atoms with Crippen LogP contribution in [0.25, 0.3) is 0 Å². The van der Waals surface area contributed by atoms with Crippen LogP contribution >= 0.6 is 21.6 Å². The second-order valence-corrected chi connectivity index (χ2v) is 17.8. The number of aromatic nitrogens is 2. The Bertz CT molecular complexity index is 1520. The van der Waals surface area contributed by atoms with Gasteiger partial charge >= 0.3 is 12.4 Å². The van der Waals surface area contributed by atoms with E-state index >= 15 is 0 Å². The molecule has 52 heavy (non-hydrogen) atoms. The number of benzene rings is 1. The Kier molecular flexibility index (Phi) is 12.1. The van der Waals surface area contributed by atoms with Gasteiger partial charge in [-0.2, -0.15) is 26.3 Å². The average Bonchev–Trinajstić information content (AvgIpc) is 3.67. The van der Waals surface area contributed by atoms with E-state index in [0.29, 0.717) is 30.9 Å². The highest BCUT2D eigenvalue weighted by Gasteiger charge is 2.69. The smallest absolute Gasteiger partial charge is 0.426 e. The molecule has 1 saturated heterocycles. The largest absolute Gasteiger partial charge is 0.493 e. The molecule has 6 unspecified atom stereocenters. The van der Waals surface area contributed by atoms with Crippen LogP contribution in [0.1, 0.15) is 93.8 Å². The number of hydrogen-bond donors (Lipinski definition) is 1. The van der Waals surface area contributed by atoms with Crippen LogP contribution in [0.15, 0.2) is 24.4 Å². The van der Waals surface area contributed by atoms with Crippen molar-refractivity contribution in [2.24, 2.45) is 17.3 Å². The SMILES string of the molecule is Cc1cnc(CN(C(=O)CCOc2ccc3c(c2)CCC2C3CCC3(C)C(OCCCOC(C)(C(F)(F)F)C(F)(F)F)CCC23)C2CCSSC2)[nH]1. The molecule has 0 radical (unpaired) electrons. The summed E-state index contributed by atoms with van der Waals surface area (Å²) in [5.41, 5.74) is -0.692. The molecule has 0 bridgehead atoms. The lowest BCUT2D eigenvalue weighted by Gasteiger charge is -2.50.